The summed E-state index contributed by atoms with van der Waals surface area (Å²) in [5.74, 6) is -1.81. The van der Waals surface area contributed by atoms with Crippen LogP contribution in [0.4, 0.5) is 5.69 Å². The van der Waals surface area contributed by atoms with Crippen LogP contribution in [0, 0.1) is 0 Å². The van der Waals surface area contributed by atoms with Gasteiger partial charge in [-0.2, -0.15) is 0 Å². The normalized spacial score (nSPS) is 13.5. The molecule has 0 saturated carbocycles. The number of aromatic nitrogens is 2. The average molecular weight is 1070 g/mol. The molecule has 25 nitrogen and oxygen atoms in total. The van der Waals surface area contributed by atoms with Crippen molar-refractivity contribution in [1.29, 1.82) is 0 Å². The summed E-state index contributed by atoms with van der Waals surface area (Å²) in [4.78, 5) is 67.6. The molecule has 1 aromatic carbocycles. The number of aliphatic imine (C=N–C) groups is 1. The van der Waals surface area contributed by atoms with Crippen LogP contribution in [0.5, 0.6) is 0 Å². The van der Waals surface area contributed by atoms with Crippen LogP contribution in [-0.2, 0) is 81.4 Å². The highest BCUT2D eigenvalue weighted by molar-refractivity contribution is 7.89. The molecule has 0 saturated heterocycles. The molecule has 2 aromatic rings. The van der Waals surface area contributed by atoms with Crippen LogP contribution in [0.25, 0.3) is 17.2 Å². The van der Waals surface area contributed by atoms with E-state index in [4.69, 9.17) is 57.9 Å². The first-order valence-corrected chi connectivity index (χ1v) is 26.1. The van der Waals surface area contributed by atoms with Gasteiger partial charge in [0, 0.05) is 67.3 Å². The standard InChI is InChI=1S/C48H72N8O17S/c1-2-9-56(48(60)41-32-40-4-3-39(42-35-50-38-51-36-42)33-43(40)54-44(49)34-41)73-11-8-53-74(61,62)31-30-72-29-28-71-27-26-70-25-24-69-23-22-68-21-20-67-19-18-66-17-16-65-15-14-64-13-12-63-10-7-52-45(57)37-55-46(58)5-6-47(55)59/h3-6,32-33,35-36,38,53H,2,7-31,34,37H2,1H3,(H2,49,54)(H,52,57). The molecule has 26 heteroatoms. The number of hydrogen-bond acceptors (Lipinski definition) is 21. The van der Waals surface area contributed by atoms with Crippen LogP contribution in [0.3, 0.4) is 0 Å². The highest BCUT2D eigenvalue weighted by atomic mass is 32.2. The molecule has 0 fully saturated rings. The number of hydrogen-bond donors (Lipinski definition) is 3. The van der Waals surface area contributed by atoms with Gasteiger partial charge in [-0.3, -0.25) is 28.9 Å². The van der Waals surface area contributed by atoms with Gasteiger partial charge >= 0.3 is 0 Å². The van der Waals surface area contributed by atoms with E-state index in [1.807, 2.05) is 25.1 Å². The molecule has 412 valence electrons. The Morgan fingerprint density at radius 3 is 1.65 bits per heavy atom. The van der Waals surface area contributed by atoms with Crippen LogP contribution in [-0.4, -0.2) is 228 Å². The maximum atomic E-state index is 13.6. The Kier molecular flexibility index (Phi) is 31.1. The van der Waals surface area contributed by atoms with Gasteiger partial charge in [0.1, 0.15) is 18.7 Å². The Hall–Kier alpha value is -5.20. The smallest absolute Gasteiger partial charge is 0.273 e. The van der Waals surface area contributed by atoms with Crippen LogP contribution in [0.2, 0.25) is 0 Å². The van der Waals surface area contributed by atoms with E-state index >= 15 is 0 Å². The van der Waals surface area contributed by atoms with E-state index in [1.54, 1.807) is 18.5 Å². The van der Waals surface area contributed by atoms with E-state index in [0.717, 1.165) is 33.7 Å². The van der Waals surface area contributed by atoms with Crippen LogP contribution >= 0.6 is 0 Å². The number of nitrogens with two attached hydrogens (primary N) is 1. The van der Waals surface area contributed by atoms with E-state index in [9.17, 15) is 27.6 Å². The number of nitrogens with one attached hydrogen (secondary N) is 2. The van der Waals surface area contributed by atoms with Gasteiger partial charge in [-0.25, -0.2) is 33.2 Å². The Labute approximate surface area is 432 Å². The third-order valence-corrected chi connectivity index (χ3v) is 11.5. The second-order valence-corrected chi connectivity index (χ2v) is 17.8. The summed E-state index contributed by atoms with van der Waals surface area (Å²) in [5.41, 5.74) is 9.62. The third kappa shape index (κ3) is 26.3. The molecule has 3 heterocycles. The monoisotopic (exact) mass is 1060 g/mol. The zero-order chi connectivity index (χ0) is 52.9. The summed E-state index contributed by atoms with van der Waals surface area (Å²) in [7, 11) is -3.66. The summed E-state index contributed by atoms with van der Waals surface area (Å²) in [5, 5.41) is 3.81. The molecule has 74 heavy (non-hydrogen) atoms. The first-order chi connectivity index (χ1) is 36.1. The molecule has 0 atom stereocenters. The molecule has 0 radical (unpaired) electrons. The van der Waals surface area contributed by atoms with Crippen molar-refractivity contribution < 1.29 is 79.8 Å². The molecule has 0 unspecified atom stereocenters. The molecule has 2 aliphatic heterocycles. The lowest BCUT2D eigenvalue weighted by molar-refractivity contribution is -0.181. The van der Waals surface area contributed by atoms with Crippen LogP contribution < -0.4 is 15.8 Å². The first kappa shape index (κ1) is 61.3. The number of benzene rings is 1. The zero-order valence-corrected chi connectivity index (χ0v) is 43.0. The van der Waals surface area contributed by atoms with Gasteiger partial charge in [-0.15, -0.1) is 0 Å². The van der Waals surface area contributed by atoms with Gasteiger partial charge in [-0.05, 0) is 24.1 Å². The van der Waals surface area contributed by atoms with Gasteiger partial charge < -0.3 is 58.4 Å². The lowest BCUT2D eigenvalue weighted by atomic mass is 10.0. The number of ether oxygens (including phenoxy) is 10. The quantitative estimate of drug-likeness (QED) is 0.0454. The van der Waals surface area contributed by atoms with Crippen LogP contribution in [0.1, 0.15) is 25.3 Å². The number of amides is 4. The third-order valence-electron chi connectivity index (χ3n) is 10.1. The lowest BCUT2D eigenvalue weighted by Crippen LogP contribution is -2.41. The number of sulfonamides is 1. The fourth-order valence-electron chi connectivity index (χ4n) is 6.47. The van der Waals surface area contributed by atoms with Gasteiger partial charge in [0.25, 0.3) is 17.7 Å². The number of carbonyl (C=O) groups is 4. The molecule has 0 aliphatic carbocycles. The fourth-order valence-corrected chi connectivity index (χ4v) is 7.34. The van der Waals surface area contributed by atoms with Crippen molar-refractivity contribution in [3.8, 4) is 11.1 Å². The molecule has 0 spiro atoms. The maximum Gasteiger partial charge on any atom is 0.273 e. The summed E-state index contributed by atoms with van der Waals surface area (Å²) in [6.07, 6.45) is 9.59. The van der Waals surface area contributed by atoms with Crippen LogP contribution in [0.15, 0.2) is 59.6 Å². The molecule has 2 aliphatic rings. The highest BCUT2D eigenvalue weighted by Gasteiger charge is 2.26. The number of amidine groups is 1. The number of carbonyl (C=O) groups excluding carboxylic acids is 4. The van der Waals surface area contributed by atoms with Crippen molar-refractivity contribution in [3.05, 3.63) is 60.2 Å². The van der Waals surface area contributed by atoms with Crippen molar-refractivity contribution in [3.63, 3.8) is 0 Å². The molecule has 0 bridgehead atoms. The van der Waals surface area contributed by atoms with Gasteiger partial charge in [0.15, 0.2) is 0 Å². The van der Waals surface area contributed by atoms with E-state index < -0.39 is 27.7 Å². The van der Waals surface area contributed by atoms with Crippen molar-refractivity contribution in [2.45, 2.75) is 19.8 Å². The predicted octanol–water partition coefficient (Wildman–Crippen LogP) is 0.216. The molecule has 1 aromatic heterocycles. The summed E-state index contributed by atoms with van der Waals surface area (Å²) < 4.78 is 82.1. The predicted molar refractivity (Wildman–Crippen MR) is 268 cm³/mol. The van der Waals surface area contributed by atoms with Crippen molar-refractivity contribution >= 4 is 51.3 Å². The largest absolute Gasteiger partial charge is 0.387 e. The minimum absolute atomic E-state index is 0.0257. The minimum Gasteiger partial charge on any atom is -0.387 e. The van der Waals surface area contributed by atoms with E-state index in [1.165, 1.54) is 11.4 Å². The Morgan fingerprint density at radius 1 is 0.662 bits per heavy atom. The maximum absolute atomic E-state index is 13.6. The first-order valence-electron chi connectivity index (χ1n) is 24.5. The number of imide groups is 1. The molecular formula is C48H72N8O17S. The van der Waals surface area contributed by atoms with Gasteiger partial charge in [-0.1, -0.05) is 19.1 Å². The van der Waals surface area contributed by atoms with Gasteiger partial charge in [0.2, 0.25) is 15.9 Å². The van der Waals surface area contributed by atoms with Gasteiger partial charge in [0.05, 0.1) is 150 Å². The number of fused-ring (bicyclic) bond motifs is 1. The van der Waals surface area contributed by atoms with Crippen molar-refractivity contribution in [1.82, 2.24) is 30.0 Å². The summed E-state index contributed by atoms with van der Waals surface area (Å²) in [6, 6.07) is 5.62. The van der Waals surface area contributed by atoms with E-state index in [2.05, 4.69) is 25.0 Å². The Balaban J connectivity index is 0.847. The molecule has 4 amide bonds. The van der Waals surface area contributed by atoms with E-state index in [-0.39, 0.29) is 76.6 Å². The molecular weight excluding hydrogens is 993 g/mol. The molecule has 4 N–H and O–H groups in total. The number of nitrogens with zero attached hydrogens (tertiary/aromatic N) is 5. The Bertz CT molecular complexity index is 2150. The highest BCUT2D eigenvalue weighted by Crippen LogP contribution is 2.31. The van der Waals surface area contributed by atoms with Crippen molar-refractivity contribution in [2.75, 3.05) is 171 Å². The SMILES string of the molecule is CCCN(OCCNS(=O)(=O)CCOCCOCCOCCOCCOCCOCCOCCOCCOCCOCCNC(=O)CN1C(=O)C=CC1=O)C(=O)C1=Cc2ccc(-c3cncnc3)cc2N=C(N)C1. The number of rotatable bonds is 44. The Morgan fingerprint density at radius 2 is 1.15 bits per heavy atom. The summed E-state index contributed by atoms with van der Waals surface area (Å²) >= 11 is 0. The summed E-state index contributed by atoms with van der Waals surface area (Å²) in [6.45, 7) is 9.20. The zero-order valence-electron chi connectivity index (χ0n) is 42.2. The average Bonchev–Trinajstić information content (AvgIpc) is 3.59. The number of hydroxylamine groups is 2. The topological polar surface area (TPSA) is 299 Å². The van der Waals surface area contributed by atoms with Crippen molar-refractivity contribution in [2.24, 2.45) is 10.7 Å². The van der Waals surface area contributed by atoms with E-state index in [0.29, 0.717) is 130 Å². The minimum atomic E-state index is -3.66. The fraction of sp³-hybridized carbons (Fsp3) is 0.604. The second kappa shape index (κ2) is 37.5. The lowest BCUT2D eigenvalue weighted by Gasteiger charge is -2.22. The second-order valence-electron chi connectivity index (χ2n) is 15.9. The molecule has 4 rings (SSSR count).